The topological polar surface area (TPSA) is 180 Å². The van der Waals surface area contributed by atoms with E-state index in [1.165, 1.54) is 0 Å². The van der Waals surface area contributed by atoms with Crippen LogP contribution in [0.5, 0.6) is 0 Å². The quantitative estimate of drug-likeness (QED) is 0.151. The van der Waals surface area contributed by atoms with Gasteiger partial charge >= 0.3 is 11.9 Å². The Hall–Kier alpha value is -4.10. The van der Waals surface area contributed by atoms with Crippen LogP contribution in [0.2, 0.25) is 0 Å². The van der Waals surface area contributed by atoms with Gasteiger partial charge in [0.2, 0.25) is 0 Å². The van der Waals surface area contributed by atoms with Crippen molar-refractivity contribution in [2.75, 3.05) is 14.2 Å². The zero-order chi connectivity index (χ0) is 28.8. The number of carbonyl (C=O) groups excluding carboxylic acids is 2. The van der Waals surface area contributed by atoms with E-state index in [2.05, 4.69) is 20.4 Å². The van der Waals surface area contributed by atoms with Crippen molar-refractivity contribution in [1.29, 1.82) is 0 Å². The molecule has 12 heteroatoms. The molecule has 212 valence electrons. The van der Waals surface area contributed by atoms with Gasteiger partial charge in [-0.25, -0.2) is 9.59 Å². The fourth-order valence-corrected chi connectivity index (χ4v) is 4.37. The number of ether oxygens (including phenoxy) is 4. The van der Waals surface area contributed by atoms with E-state index >= 15 is 0 Å². The first-order valence-electron chi connectivity index (χ1n) is 12.7. The number of nitrogens with one attached hydrogen (secondary N) is 2. The summed E-state index contributed by atoms with van der Waals surface area (Å²) < 4.78 is 21.2. The van der Waals surface area contributed by atoms with Crippen LogP contribution in [0.4, 0.5) is 0 Å². The van der Waals surface area contributed by atoms with Gasteiger partial charge in [-0.3, -0.25) is 10.2 Å². The second-order valence-electron chi connectivity index (χ2n) is 9.51. The minimum atomic E-state index is -0.744. The highest BCUT2D eigenvalue weighted by molar-refractivity contribution is 5.92. The number of aromatic amines is 2. The first-order valence-corrected chi connectivity index (χ1v) is 12.7. The number of benzene rings is 2. The number of fused-ring (bicyclic) bond motifs is 2. The van der Waals surface area contributed by atoms with Gasteiger partial charge in [0.1, 0.15) is 12.2 Å². The Morgan fingerprint density at radius 3 is 1.55 bits per heavy atom. The number of nitrogens with zero attached hydrogens (tertiary/aromatic N) is 2. The number of rotatable bonds is 12. The Morgan fingerprint density at radius 2 is 1.18 bits per heavy atom. The van der Waals surface area contributed by atoms with Gasteiger partial charge in [0.25, 0.3) is 0 Å². The Labute approximate surface area is 231 Å². The lowest BCUT2D eigenvalue weighted by Gasteiger charge is -2.19. The van der Waals surface area contributed by atoms with Gasteiger partial charge in [-0.1, -0.05) is 12.1 Å². The molecule has 4 rings (SSSR count). The largest absolute Gasteiger partial charge is 0.457 e. The number of aromatic nitrogens is 4. The molecule has 0 radical (unpaired) electrons. The van der Waals surface area contributed by atoms with E-state index in [0.717, 1.165) is 45.1 Å². The van der Waals surface area contributed by atoms with E-state index in [-0.39, 0.29) is 0 Å². The van der Waals surface area contributed by atoms with Gasteiger partial charge in [-0.15, -0.1) is 0 Å². The molecule has 0 aliphatic carbocycles. The molecule has 0 aliphatic heterocycles. The number of H-pyrrole nitrogens is 2. The van der Waals surface area contributed by atoms with E-state index in [0.29, 0.717) is 24.6 Å². The average molecular weight is 551 g/mol. The van der Waals surface area contributed by atoms with Crippen molar-refractivity contribution in [3.8, 4) is 0 Å². The summed E-state index contributed by atoms with van der Waals surface area (Å²) in [5.41, 5.74) is 17.4. The van der Waals surface area contributed by atoms with Crippen LogP contribution >= 0.6 is 0 Å². The minimum Gasteiger partial charge on any atom is -0.457 e. The number of nitrogens with two attached hydrogens (primary N) is 2. The number of hydrogen-bond acceptors (Lipinski definition) is 10. The van der Waals surface area contributed by atoms with E-state index in [9.17, 15) is 9.59 Å². The molecule has 4 atom stereocenters. The normalized spacial score (nSPS) is 14.8. The molecule has 0 spiro atoms. The first kappa shape index (κ1) is 28.9. The van der Waals surface area contributed by atoms with Gasteiger partial charge in [0.15, 0.2) is 0 Å². The van der Waals surface area contributed by atoms with Crippen molar-refractivity contribution in [2.24, 2.45) is 11.5 Å². The minimum absolute atomic E-state index is 0.443. The molecule has 4 aromatic rings. The van der Waals surface area contributed by atoms with Gasteiger partial charge in [-0.05, 0) is 49.2 Å². The molecule has 0 unspecified atom stereocenters. The lowest BCUT2D eigenvalue weighted by molar-refractivity contribution is -0.146. The Morgan fingerprint density at radius 1 is 0.775 bits per heavy atom. The van der Waals surface area contributed by atoms with Crippen LogP contribution in [-0.2, 0) is 41.8 Å². The van der Waals surface area contributed by atoms with E-state index in [1.54, 1.807) is 28.1 Å². The van der Waals surface area contributed by atoms with Crippen molar-refractivity contribution in [3.63, 3.8) is 0 Å². The summed E-state index contributed by atoms with van der Waals surface area (Å²) in [6.07, 6.45) is 0.557. The van der Waals surface area contributed by atoms with Crippen LogP contribution in [0.25, 0.3) is 21.8 Å². The van der Waals surface area contributed by atoms with Gasteiger partial charge in [0.05, 0.1) is 47.7 Å². The second kappa shape index (κ2) is 12.8. The molecule has 40 heavy (non-hydrogen) atoms. The van der Waals surface area contributed by atoms with Crippen molar-refractivity contribution < 1.29 is 28.5 Å². The zero-order valence-corrected chi connectivity index (χ0v) is 22.8. The number of hydrogen-bond donors (Lipinski definition) is 4. The Bertz CT molecular complexity index is 1400. The third-order valence-corrected chi connectivity index (χ3v) is 6.56. The van der Waals surface area contributed by atoms with Gasteiger partial charge < -0.3 is 30.4 Å². The predicted octanol–water partition coefficient (Wildman–Crippen LogP) is 2.85. The van der Waals surface area contributed by atoms with Crippen LogP contribution < -0.4 is 11.5 Å². The number of methoxy groups -OCH3 is 2. The van der Waals surface area contributed by atoms with Crippen LogP contribution in [0, 0.1) is 0 Å². The molecule has 6 N–H and O–H groups in total. The van der Waals surface area contributed by atoms with Crippen molar-refractivity contribution in [3.05, 3.63) is 71.1 Å². The lowest BCUT2D eigenvalue weighted by atomic mass is 10.0. The second-order valence-corrected chi connectivity index (χ2v) is 9.51. The summed E-state index contributed by atoms with van der Waals surface area (Å²) in [5.74, 6) is -1.49. The van der Waals surface area contributed by atoms with Crippen LogP contribution in [-0.4, -0.2) is 58.8 Å². The molecular weight excluding hydrogens is 516 g/mol. The molecule has 2 aromatic carbocycles. The van der Waals surface area contributed by atoms with Crippen LogP contribution in [0.3, 0.4) is 0 Å². The highest BCUT2D eigenvalue weighted by atomic mass is 16.5. The average Bonchev–Trinajstić information content (AvgIpc) is 3.55. The standard InChI is InChI=1S/C28H34N6O6/c1-15(25(29)27-19-11-17(13-37-3)5-7-21(19)31-33-27)39-23(35)9-10-24(36)40-16(2)26(30)28-20-12-18(14-38-4)6-8-22(20)32-34-28/h5-12,15-16,25-26H,13-14,29-30H2,1-4H3,(H,31,33)(H,32,34)/b10-9+/t15-,16-,25+,26+/m0/s1. The summed E-state index contributed by atoms with van der Waals surface area (Å²) >= 11 is 0. The van der Waals surface area contributed by atoms with Crippen molar-refractivity contribution in [2.45, 2.75) is 51.4 Å². The van der Waals surface area contributed by atoms with E-state index in [1.807, 2.05) is 36.4 Å². The summed E-state index contributed by atoms with van der Waals surface area (Å²) in [5, 5.41) is 16.0. The monoisotopic (exact) mass is 550 g/mol. The smallest absolute Gasteiger partial charge is 0.331 e. The zero-order valence-electron chi connectivity index (χ0n) is 22.8. The summed E-state index contributed by atoms with van der Waals surface area (Å²) in [4.78, 5) is 24.8. The molecule has 0 saturated heterocycles. The third kappa shape index (κ3) is 6.54. The first-order chi connectivity index (χ1) is 19.2. The highest BCUT2D eigenvalue weighted by Crippen LogP contribution is 2.26. The maximum absolute atomic E-state index is 12.4. The van der Waals surface area contributed by atoms with E-state index < -0.39 is 36.2 Å². The SMILES string of the molecule is COCc1ccc2n[nH]c([C@H](N)[C@H](C)OC(=O)/C=C/C(=O)O[C@@H](C)[C@@H](N)c3[nH]nc4ccc(COC)cc34)c2c1. The van der Waals surface area contributed by atoms with E-state index in [4.69, 9.17) is 30.4 Å². The molecule has 2 aromatic heterocycles. The lowest BCUT2D eigenvalue weighted by Crippen LogP contribution is -2.29. The predicted molar refractivity (Wildman–Crippen MR) is 148 cm³/mol. The molecule has 2 heterocycles. The maximum Gasteiger partial charge on any atom is 0.331 e. The fourth-order valence-electron chi connectivity index (χ4n) is 4.37. The number of carbonyl (C=O) groups is 2. The molecule has 0 saturated carbocycles. The summed E-state index contributed by atoms with van der Waals surface area (Å²) in [6.45, 7) is 4.21. The molecule has 0 amide bonds. The number of esters is 2. The van der Waals surface area contributed by atoms with Crippen molar-refractivity contribution >= 4 is 33.7 Å². The van der Waals surface area contributed by atoms with Crippen molar-refractivity contribution in [1.82, 2.24) is 20.4 Å². The summed E-state index contributed by atoms with van der Waals surface area (Å²) in [6, 6.07) is 10.1. The molecule has 0 fully saturated rings. The molecule has 0 bridgehead atoms. The molecule has 12 nitrogen and oxygen atoms in total. The highest BCUT2D eigenvalue weighted by Gasteiger charge is 2.24. The fraction of sp³-hybridized carbons (Fsp3) is 0.357. The summed E-state index contributed by atoms with van der Waals surface area (Å²) in [7, 11) is 3.23. The van der Waals surface area contributed by atoms with Gasteiger partial charge in [-0.2, -0.15) is 10.2 Å². The van der Waals surface area contributed by atoms with Crippen LogP contribution in [0.1, 0.15) is 48.4 Å². The molecule has 0 aliphatic rings. The maximum atomic E-state index is 12.4. The third-order valence-electron chi connectivity index (χ3n) is 6.56. The van der Waals surface area contributed by atoms with Gasteiger partial charge in [0, 0.05) is 37.1 Å². The van der Waals surface area contributed by atoms with Crippen LogP contribution in [0.15, 0.2) is 48.6 Å². The Balaban J connectivity index is 1.34. The Kier molecular flexibility index (Phi) is 9.27. The molecular formula is C28H34N6O6.